The summed E-state index contributed by atoms with van der Waals surface area (Å²) in [5.74, 6) is 0.349. The molecule has 0 radical (unpaired) electrons. The van der Waals surface area contributed by atoms with Gasteiger partial charge in [-0.05, 0) is 36.4 Å². The van der Waals surface area contributed by atoms with Crippen LogP contribution in [0.25, 0.3) is 0 Å². The normalized spacial score (nSPS) is 11.5. The first-order chi connectivity index (χ1) is 13.5. The van der Waals surface area contributed by atoms with E-state index >= 15 is 0 Å². The second-order valence-electron chi connectivity index (χ2n) is 6.08. The molecular formula is C20H25N3O5. The fourth-order valence-corrected chi connectivity index (χ4v) is 2.39. The van der Waals surface area contributed by atoms with E-state index in [4.69, 9.17) is 15.2 Å². The van der Waals surface area contributed by atoms with E-state index in [-0.39, 0.29) is 12.5 Å². The van der Waals surface area contributed by atoms with Crippen LogP contribution < -0.4 is 25.8 Å². The standard InChI is InChI=1S/C20H25N3O5/c1-14(24)23-15-6-8-17(9-7-15)28-13-16(25)12-22-10-11-27-19-5-3-2-4-18(19)20(21)26/h2-9,16,22,25H,10-13H2,1H3,(H2,21,26)(H,23,24). The molecule has 2 amide bonds. The van der Waals surface area contributed by atoms with Crippen LogP contribution in [0, 0.1) is 0 Å². The van der Waals surface area contributed by atoms with Crippen molar-refractivity contribution in [3.05, 3.63) is 54.1 Å². The fraction of sp³-hybridized carbons (Fsp3) is 0.300. The van der Waals surface area contributed by atoms with Crippen molar-refractivity contribution in [2.75, 3.05) is 31.6 Å². The largest absolute Gasteiger partial charge is 0.491 e. The van der Waals surface area contributed by atoms with Gasteiger partial charge < -0.3 is 30.9 Å². The molecule has 1 unspecified atom stereocenters. The lowest BCUT2D eigenvalue weighted by molar-refractivity contribution is -0.114. The van der Waals surface area contributed by atoms with E-state index < -0.39 is 12.0 Å². The van der Waals surface area contributed by atoms with E-state index in [9.17, 15) is 14.7 Å². The summed E-state index contributed by atoms with van der Waals surface area (Å²) in [6.45, 7) is 2.69. The molecule has 0 aromatic heterocycles. The second kappa shape index (κ2) is 10.9. The smallest absolute Gasteiger partial charge is 0.252 e. The monoisotopic (exact) mass is 387 g/mol. The highest BCUT2D eigenvalue weighted by Crippen LogP contribution is 2.17. The Morgan fingerprint density at radius 2 is 1.82 bits per heavy atom. The first kappa shape index (κ1) is 21.2. The number of rotatable bonds is 11. The molecule has 0 spiro atoms. The lowest BCUT2D eigenvalue weighted by Crippen LogP contribution is -2.33. The van der Waals surface area contributed by atoms with Gasteiger partial charge in [0.25, 0.3) is 5.91 Å². The minimum atomic E-state index is -0.701. The zero-order valence-corrected chi connectivity index (χ0v) is 15.7. The first-order valence-corrected chi connectivity index (χ1v) is 8.86. The Labute approximate surface area is 163 Å². The second-order valence-corrected chi connectivity index (χ2v) is 6.08. The molecule has 0 fully saturated rings. The average Bonchev–Trinajstić information content (AvgIpc) is 2.67. The molecule has 2 aromatic rings. The van der Waals surface area contributed by atoms with Crippen LogP contribution in [0.5, 0.6) is 11.5 Å². The number of anilines is 1. The zero-order chi connectivity index (χ0) is 20.4. The van der Waals surface area contributed by atoms with Crippen LogP contribution in [0.3, 0.4) is 0 Å². The van der Waals surface area contributed by atoms with Crippen molar-refractivity contribution in [1.82, 2.24) is 5.32 Å². The number of aliphatic hydroxyl groups excluding tert-OH is 1. The van der Waals surface area contributed by atoms with Crippen LogP contribution in [-0.2, 0) is 4.79 Å². The average molecular weight is 387 g/mol. The van der Waals surface area contributed by atoms with Crippen molar-refractivity contribution in [3.8, 4) is 11.5 Å². The molecule has 2 rings (SSSR count). The summed E-state index contributed by atoms with van der Waals surface area (Å²) in [6, 6.07) is 13.7. The minimum Gasteiger partial charge on any atom is -0.491 e. The number of carbonyl (C=O) groups excluding carboxylic acids is 2. The van der Waals surface area contributed by atoms with E-state index in [1.54, 1.807) is 48.5 Å². The molecule has 1 atom stereocenters. The van der Waals surface area contributed by atoms with Gasteiger partial charge in [-0.1, -0.05) is 12.1 Å². The van der Waals surface area contributed by atoms with Gasteiger partial charge in [-0.25, -0.2) is 0 Å². The lowest BCUT2D eigenvalue weighted by Gasteiger charge is -2.14. The van der Waals surface area contributed by atoms with Crippen LogP contribution in [0.4, 0.5) is 5.69 Å². The summed E-state index contributed by atoms with van der Waals surface area (Å²) < 4.78 is 11.1. The summed E-state index contributed by atoms with van der Waals surface area (Å²) in [6.07, 6.45) is -0.701. The van der Waals surface area contributed by atoms with Gasteiger partial charge in [-0.2, -0.15) is 0 Å². The third-order valence-electron chi connectivity index (χ3n) is 3.69. The molecule has 0 aliphatic heterocycles. The number of nitrogens with one attached hydrogen (secondary N) is 2. The number of hydrogen-bond acceptors (Lipinski definition) is 6. The Kier molecular flexibility index (Phi) is 8.26. The predicted octanol–water partition coefficient (Wildman–Crippen LogP) is 1.15. The van der Waals surface area contributed by atoms with Crippen LogP contribution in [-0.4, -0.2) is 49.3 Å². The molecular weight excluding hydrogens is 362 g/mol. The highest BCUT2D eigenvalue weighted by atomic mass is 16.5. The summed E-state index contributed by atoms with van der Waals surface area (Å²) in [5.41, 5.74) is 6.31. The number of primary amides is 1. The maximum Gasteiger partial charge on any atom is 0.252 e. The Hall–Kier alpha value is -3.10. The molecule has 0 saturated carbocycles. The first-order valence-electron chi connectivity index (χ1n) is 8.86. The van der Waals surface area contributed by atoms with E-state index in [0.29, 0.717) is 42.4 Å². The van der Waals surface area contributed by atoms with Gasteiger partial charge >= 0.3 is 0 Å². The lowest BCUT2D eigenvalue weighted by atomic mass is 10.2. The number of benzene rings is 2. The third-order valence-corrected chi connectivity index (χ3v) is 3.69. The molecule has 8 heteroatoms. The summed E-state index contributed by atoms with van der Waals surface area (Å²) >= 11 is 0. The number of carbonyl (C=O) groups is 2. The number of ether oxygens (including phenoxy) is 2. The van der Waals surface area contributed by atoms with Gasteiger partial charge in [0.1, 0.15) is 30.8 Å². The number of hydrogen-bond donors (Lipinski definition) is 4. The quantitative estimate of drug-likeness (QED) is 0.429. The third kappa shape index (κ3) is 7.26. The van der Waals surface area contributed by atoms with Gasteiger partial charge in [0.2, 0.25) is 5.91 Å². The fourth-order valence-electron chi connectivity index (χ4n) is 2.39. The van der Waals surface area contributed by atoms with Crippen molar-refractivity contribution < 1.29 is 24.2 Å². The molecule has 0 bridgehead atoms. The molecule has 0 saturated heterocycles. The van der Waals surface area contributed by atoms with Crippen LogP contribution >= 0.6 is 0 Å². The summed E-state index contributed by atoms with van der Waals surface area (Å²) in [5, 5.41) is 15.7. The molecule has 0 aliphatic rings. The summed E-state index contributed by atoms with van der Waals surface area (Å²) in [7, 11) is 0. The van der Waals surface area contributed by atoms with Crippen LogP contribution in [0.1, 0.15) is 17.3 Å². The maximum absolute atomic E-state index is 11.3. The number of para-hydroxylation sites is 1. The van der Waals surface area contributed by atoms with Crippen molar-refractivity contribution in [3.63, 3.8) is 0 Å². The molecule has 28 heavy (non-hydrogen) atoms. The summed E-state index contributed by atoms with van der Waals surface area (Å²) in [4.78, 5) is 22.3. The number of aliphatic hydroxyl groups is 1. The highest BCUT2D eigenvalue weighted by molar-refractivity contribution is 5.95. The Bertz CT molecular complexity index is 780. The molecule has 2 aromatic carbocycles. The van der Waals surface area contributed by atoms with Crippen molar-refractivity contribution in [2.24, 2.45) is 5.73 Å². The molecule has 0 heterocycles. The Morgan fingerprint density at radius 1 is 1.11 bits per heavy atom. The Morgan fingerprint density at radius 3 is 2.50 bits per heavy atom. The van der Waals surface area contributed by atoms with Crippen molar-refractivity contribution >= 4 is 17.5 Å². The van der Waals surface area contributed by atoms with Gasteiger partial charge in [0.15, 0.2) is 0 Å². The van der Waals surface area contributed by atoms with Gasteiger partial charge in [-0.15, -0.1) is 0 Å². The van der Waals surface area contributed by atoms with Gasteiger partial charge in [0, 0.05) is 25.7 Å². The molecule has 150 valence electrons. The van der Waals surface area contributed by atoms with Crippen molar-refractivity contribution in [2.45, 2.75) is 13.0 Å². The highest BCUT2D eigenvalue weighted by Gasteiger charge is 2.08. The van der Waals surface area contributed by atoms with E-state index in [0.717, 1.165) is 0 Å². The molecule has 5 N–H and O–H groups in total. The number of nitrogens with two attached hydrogens (primary N) is 1. The topological polar surface area (TPSA) is 123 Å². The van der Waals surface area contributed by atoms with E-state index in [1.807, 2.05) is 0 Å². The van der Waals surface area contributed by atoms with Crippen LogP contribution in [0.15, 0.2) is 48.5 Å². The van der Waals surface area contributed by atoms with Gasteiger partial charge in [-0.3, -0.25) is 9.59 Å². The minimum absolute atomic E-state index is 0.123. The van der Waals surface area contributed by atoms with Gasteiger partial charge in [0.05, 0.1) is 5.56 Å². The molecule has 8 nitrogen and oxygen atoms in total. The SMILES string of the molecule is CC(=O)Nc1ccc(OCC(O)CNCCOc2ccccc2C(N)=O)cc1. The predicted molar refractivity (Wildman–Crippen MR) is 106 cm³/mol. The zero-order valence-electron chi connectivity index (χ0n) is 15.7. The number of amides is 2. The Balaban J connectivity index is 1.63. The maximum atomic E-state index is 11.3. The van der Waals surface area contributed by atoms with E-state index in [2.05, 4.69) is 10.6 Å². The van der Waals surface area contributed by atoms with Crippen molar-refractivity contribution in [1.29, 1.82) is 0 Å². The van der Waals surface area contributed by atoms with Crippen LogP contribution in [0.2, 0.25) is 0 Å². The van der Waals surface area contributed by atoms with E-state index in [1.165, 1.54) is 6.92 Å². The molecule has 0 aliphatic carbocycles.